The molecule has 0 aromatic heterocycles. The molecule has 2 rings (SSSR count). The van der Waals surface area contributed by atoms with Gasteiger partial charge in [-0.25, -0.2) is 4.39 Å². The molecule has 20 heavy (non-hydrogen) atoms. The maximum absolute atomic E-state index is 14.0. The quantitative estimate of drug-likeness (QED) is 0.931. The number of carbonyl (C=O) groups excluding carboxylic acids is 2. The fourth-order valence-corrected chi connectivity index (χ4v) is 2.42. The highest BCUT2D eigenvalue weighted by Gasteiger charge is 2.35. The number of piperazine rings is 1. The minimum atomic E-state index is -0.680. The van der Waals surface area contributed by atoms with E-state index in [1.165, 1.54) is 12.1 Å². The van der Waals surface area contributed by atoms with Crippen molar-refractivity contribution >= 4 is 29.1 Å². The molecule has 0 aliphatic carbocycles. The molecule has 2 amide bonds. The molecule has 1 heterocycles. The van der Waals surface area contributed by atoms with E-state index in [9.17, 15) is 14.0 Å². The summed E-state index contributed by atoms with van der Waals surface area (Å²) < 4.78 is 14.0. The number of halogens is 2. The Morgan fingerprint density at radius 1 is 1.45 bits per heavy atom. The van der Waals surface area contributed by atoms with E-state index in [2.05, 4.69) is 5.32 Å². The second-order valence-electron chi connectivity index (χ2n) is 5.25. The molecule has 0 saturated carbocycles. The third-order valence-electron chi connectivity index (χ3n) is 3.13. The molecule has 0 radical (unpaired) electrons. The Bertz CT molecular complexity index is 548. The number of nitrogens with one attached hydrogen (secondary N) is 1. The van der Waals surface area contributed by atoms with Gasteiger partial charge in [-0.15, -0.1) is 0 Å². The molecule has 0 bridgehead atoms. The molecule has 1 saturated heterocycles. The van der Waals surface area contributed by atoms with Gasteiger partial charge in [0, 0.05) is 0 Å². The second kappa shape index (κ2) is 5.79. The second-order valence-corrected chi connectivity index (χ2v) is 5.65. The van der Waals surface area contributed by atoms with Crippen molar-refractivity contribution in [2.75, 3.05) is 11.4 Å². The maximum atomic E-state index is 14.0. The fraction of sp³-hybridized carbons (Fsp3) is 0.429. The predicted octanol–water partition coefficient (Wildman–Crippen LogP) is 2.36. The molecule has 1 unspecified atom stereocenters. The van der Waals surface area contributed by atoms with Crippen molar-refractivity contribution in [3.8, 4) is 0 Å². The third-order valence-corrected chi connectivity index (χ3v) is 3.42. The summed E-state index contributed by atoms with van der Waals surface area (Å²) in [6.45, 7) is 3.72. The van der Waals surface area contributed by atoms with Gasteiger partial charge in [-0.05, 0) is 24.5 Å². The molecule has 1 fully saturated rings. The van der Waals surface area contributed by atoms with Crippen LogP contribution in [0.15, 0.2) is 18.2 Å². The summed E-state index contributed by atoms with van der Waals surface area (Å²) in [5.74, 6) is -1.04. The summed E-state index contributed by atoms with van der Waals surface area (Å²) in [6.07, 6.45) is 0.517. The van der Waals surface area contributed by atoms with Gasteiger partial charge in [-0.2, -0.15) is 0 Å². The van der Waals surface area contributed by atoms with Crippen LogP contribution in [0.2, 0.25) is 5.02 Å². The predicted molar refractivity (Wildman–Crippen MR) is 75.1 cm³/mol. The van der Waals surface area contributed by atoms with Crippen molar-refractivity contribution in [2.24, 2.45) is 5.92 Å². The van der Waals surface area contributed by atoms with Gasteiger partial charge in [0.25, 0.3) is 0 Å². The van der Waals surface area contributed by atoms with Crippen LogP contribution in [-0.4, -0.2) is 24.4 Å². The number of rotatable bonds is 3. The summed E-state index contributed by atoms with van der Waals surface area (Å²) in [7, 11) is 0. The average Bonchev–Trinajstić information content (AvgIpc) is 2.36. The highest BCUT2D eigenvalue weighted by molar-refractivity contribution is 6.31. The highest BCUT2D eigenvalue weighted by atomic mass is 35.5. The molecule has 1 aromatic rings. The number of benzene rings is 1. The zero-order valence-corrected chi connectivity index (χ0v) is 12.1. The van der Waals surface area contributed by atoms with Crippen LogP contribution in [-0.2, 0) is 9.59 Å². The van der Waals surface area contributed by atoms with E-state index in [1.807, 2.05) is 13.8 Å². The van der Waals surface area contributed by atoms with Gasteiger partial charge < -0.3 is 5.32 Å². The van der Waals surface area contributed by atoms with Gasteiger partial charge in [0.15, 0.2) is 5.82 Å². The van der Waals surface area contributed by atoms with Crippen LogP contribution in [0.3, 0.4) is 0 Å². The summed E-state index contributed by atoms with van der Waals surface area (Å²) in [6, 6.07) is 3.79. The zero-order valence-electron chi connectivity index (χ0n) is 11.3. The number of anilines is 1. The first-order valence-corrected chi connectivity index (χ1v) is 6.82. The van der Waals surface area contributed by atoms with E-state index >= 15 is 0 Å². The lowest BCUT2D eigenvalue weighted by Crippen LogP contribution is -2.58. The van der Waals surface area contributed by atoms with Crippen LogP contribution >= 0.6 is 11.6 Å². The number of carbonyl (C=O) groups is 2. The van der Waals surface area contributed by atoms with E-state index in [0.717, 1.165) is 4.90 Å². The van der Waals surface area contributed by atoms with Crippen LogP contribution in [0.1, 0.15) is 20.3 Å². The molecular formula is C14H16ClFN2O2. The lowest BCUT2D eigenvalue weighted by Gasteiger charge is -2.33. The normalized spacial score (nSPS) is 19.4. The molecule has 1 N–H and O–H groups in total. The Labute approximate surface area is 121 Å². The lowest BCUT2D eigenvalue weighted by atomic mass is 10.0. The Balaban J connectivity index is 2.32. The molecule has 0 spiro atoms. The summed E-state index contributed by atoms with van der Waals surface area (Å²) in [4.78, 5) is 25.3. The van der Waals surface area contributed by atoms with Crippen molar-refractivity contribution in [3.05, 3.63) is 29.0 Å². The monoisotopic (exact) mass is 298 g/mol. The molecular weight excluding hydrogens is 283 g/mol. The smallest absolute Gasteiger partial charge is 0.250 e. The molecule has 6 heteroatoms. The Morgan fingerprint density at radius 2 is 2.15 bits per heavy atom. The molecule has 1 aromatic carbocycles. The zero-order chi connectivity index (χ0) is 14.9. The summed E-state index contributed by atoms with van der Waals surface area (Å²) in [5, 5.41) is 2.58. The minimum absolute atomic E-state index is 0.0473. The number of hydrogen-bond acceptors (Lipinski definition) is 2. The lowest BCUT2D eigenvalue weighted by molar-refractivity contribution is -0.131. The first-order chi connectivity index (χ1) is 9.40. The van der Waals surface area contributed by atoms with Crippen molar-refractivity contribution in [1.82, 2.24) is 5.32 Å². The van der Waals surface area contributed by atoms with Gasteiger partial charge in [0.2, 0.25) is 11.8 Å². The Hall–Kier alpha value is -1.62. The van der Waals surface area contributed by atoms with Gasteiger partial charge in [-0.3, -0.25) is 14.5 Å². The van der Waals surface area contributed by atoms with E-state index in [-0.39, 0.29) is 35.0 Å². The average molecular weight is 299 g/mol. The topological polar surface area (TPSA) is 49.4 Å². The highest BCUT2D eigenvalue weighted by Crippen LogP contribution is 2.27. The van der Waals surface area contributed by atoms with Crippen molar-refractivity contribution in [3.63, 3.8) is 0 Å². The van der Waals surface area contributed by atoms with Gasteiger partial charge in [0.1, 0.15) is 12.6 Å². The molecule has 1 aliphatic rings. The largest absolute Gasteiger partial charge is 0.343 e. The van der Waals surface area contributed by atoms with E-state index in [4.69, 9.17) is 11.6 Å². The van der Waals surface area contributed by atoms with Crippen LogP contribution in [0.4, 0.5) is 10.1 Å². The number of nitrogens with zero attached hydrogens (tertiary/aromatic N) is 1. The molecule has 108 valence electrons. The first kappa shape index (κ1) is 14.8. The van der Waals surface area contributed by atoms with E-state index < -0.39 is 11.9 Å². The number of amides is 2. The van der Waals surface area contributed by atoms with Crippen LogP contribution in [0.25, 0.3) is 0 Å². The van der Waals surface area contributed by atoms with Crippen molar-refractivity contribution in [1.29, 1.82) is 0 Å². The van der Waals surface area contributed by atoms with Gasteiger partial charge in [-0.1, -0.05) is 31.5 Å². The minimum Gasteiger partial charge on any atom is -0.343 e. The fourth-order valence-electron chi connectivity index (χ4n) is 2.25. The molecule has 1 atom stereocenters. The first-order valence-electron chi connectivity index (χ1n) is 6.45. The molecule has 1 aliphatic heterocycles. The molecule has 4 nitrogen and oxygen atoms in total. The third kappa shape index (κ3) is 2.93. The van der Waals surface area contributed by atoms with Crippen molar-refractivity contribution < 1.29 is 14.0 Å². The summed E-state index contributed by atoms with van der Waals surface area (Å²) in [5.41, 5.74) is 0.0473. The van der Waals surface area contributed by atoms with Crippen molar-refractivity contribution in [2.45, 2.75) is 26.3 Å². The maximum Gasteiger partial charge on any atom is 0.250 e. The summed E-state index contributed by atoms with van der Waals surface area (Å²) >= 11 is 5.72. The van der Waals surface area contributed by atoms with E-state index in [0.29, 0.717) is 6.42 Å². The Kier molecular flexibility index (Phi) is 4.28. The van der Waals surface area contributed by atoms with E-state index in [1.54, 1.807) is 6.07 Å². The van der Waals surface area contributed by atoms with Crippen LogP contribution in [0.5, 0.6) is 0 Å². The van der Waals surface area contributed by atoms with Crippen LogP contribution in [0, 0.1) is 11.7 Å². The van der Waals surface area contributed by atoms with Crippen LogP contribution < -0.4 is 10.2 Å². The number of hydrogen-bond donors (Lipinski definition) is 1. The standard InChI is InChI=1S/C14H16ClFN2O2/c1-8(2)6-10-14(20)18(7-12(19)17-10)11-5-3-4-9(15)13(11)16/h3-5,8,10H,6-7H2,1-2H3,(H,17,19). The van der Waals surface area contributed by atoms with Gasteiger partial charge >= 0.3 is 0 Å². The SMILES string of the molecule is CC(C)CC1NC(=O)CN(c2cccc(Cl)c2F)C1=O. The Morgan fingerprint density at radius 3 is 2.80 bits per heavy atom. The van der Waals surface area contributed by atoms with Gasteiger partial charge in [0.05, 0.1) is 10.7 Å².